The van der Waals surface area contributed by atoms with E-state index in [4.69, 9.17) is 0 Å². The van der Waals surface area contributed by atoms with Gasteiger partial charge in [-0.1, -0.05) is 50.5 Å². The first-order valence-electron chi connectivity index (χ1n) is 7.02. The Labute approximate surface area is 108 Å². The molecule has 1 atom stereocenters. The molecule has 17 heavy (non-hydrogen) atoms. The van der Waals surface area contributed by atoms with Crippen LogP contribution in [-0.2, 0) is 0 Å². The quantitative estimate of drug-likeness (QED) is 0.603. The second-order valence-corrected chi connectivity index (χ2v) is 5.45. The van der Waals surface area contributed by atoms with E-state index in [1.807, 2.05) is 0 Å². The Balaban J connectivity index is 4.36. The van der Waals surface area contributed by atoms with Gasteiger partial charge in [0.2, 0.25) is 0 Å². The van der Waals surface area contributed by atoms with Crippen molar-refractivity contribution < 1.29 is 0 Å². The molecule has 0 saturated carbocycles. The van der Waals surface area contributed by atoms with E-state index in [0.717, 1.165) is 0 Å². The molecular formula is C16H31N. The van der Waals surface area contributed by atoms with Gasteiger partial charge in [0.1, 0.15) is 0 Å². The van der Waals surface area contributed by atoms with Gasteiger partial charge >= 0.3 is 0 Å². The zero-order valence-corrected chi connectivity index (χ0v) is 12.6. The maximum atomic E-state index is 3.42. The predicted octanol–water partition coefficient (Wildman–Crippen LogP) is 4.70. The third kappa shape index (κ3) is 8.20. The summed E-state index contributed by atoms with van der Waals surface area (Å²) < 4.78 is 0. The van der Waals surface area contributed by atoms with Crippen molar-refractivity contribution in [1.29, 1.82) is 0 Å². The van der Waals surface area contributed by atoms with Gasteiger partial charge in [0, 0.05) is 6.04 Å². The minimum absolute atomic E-state index is 0.657. The van der Waals surface area contributed by atoms with Crippen molar-refractivity contribution >= 4 is 0 Å². The topological polar surface area (TPSA) is 12.0 Å². The molecule has 0 aliphatic carbocycles. The summed E-state index contributed by atoms with van der Waals surface area (Å²) in [5.41, 5.74) is 2.95. The van der Waals surface area contributed by atoms with Crippen molar-refractivity contribution in [2.24, 2.45) is 5.92 Å². The van der Waals surface area contributed by atoms with Crippen molar-refractivity contribution in [3.8, 4) is 0 Å². The average Bonchev–Trinajstić information content (AvgIpc) is 2.26. The third-order valence-corrected chi connectivity index (χ3v) is 3.20. The molecule has 0 fully saturated rings. The lowest BCUT2D eigenvalue weighted by Crippen LogP contribution is -2.25. The predicted molar refractivity (Wildman–Crippen MR) is 79.3 cm³/mol. The first-order chi connectivity index (χ1) is 8.01. The average molecular weight is 237 g/mol. The van der Waals surface area contributed by atoms with Gasteiger partial charge in [-0.25, -0.2) is 0 Å². The van der Waals surface area contributed by atoms with Gasteiger partial charge < -0.3 is 5.32 Å². The molecule has 1 heteroatoms. The lowest BCUT2D eigenvalue weighted by molar-refractivity contribution is 0.475. The summed E-state index contributed by atoms with van der Waals surface area (Å²) in [4.78, 5) is 0. The molecule has 100 valence electrons. The van der Waals surface area contributed by atoms with E-state index in [9.17, 15) is 0 Å². The summed E-state index contributed by atoms with van der Waals surface area (Å²) in [5, 5.41) is 3.42. The minimum Gasteiger partial charge on any atom is -0.317 e. The Morgan fingerprint density at radius 1 is 1.12 bits per heavy atom. The molecule has 0 amide bonds. The molecule has 0 aromatic heterocycles. The highest BCUT2D eigenvalue weighted by atomic mass is 14.9. The highest BCUT2D eigenvalue weighted by molar-refractivity contribution is 5.17. The SMILES string of the molecule is CCCC(CC/C(=C/C=C(C)C)C(C)C)NC. The van der Waals surface area contributed by atoms with Crippen molar-refractivity contribution in [2.45, 2.75) is 66.3 Å². The lowest BCUT2D eigenvalue weighted by Gasteiger charge is -2.18. The van der Waals surface area contributed by atoms with Crippen LogP contribution in [0.4, 0.5) is 0 Å². The maximum absolute atomic E-state index is 3.42. The zero-order valence-electron chi connectivity index (χ0n) is 12.6. The van der Waals surface area contributed by atoms with Gasteiger partial charge in [0.25, 0.3) is 0 Å². The molecule has 0 saturated heterocycles. The molecule has 0 aromatic carbocycles. The minimum atomic E-state index is 0.657. The van der Waals surface area contributed by atoms with E-state index in [-0.39, 0.29) is 0 Å². The van der Waals surface area contributed by atoms with E-state index in [2.05, 4.69) is 59.1 Å². The molecule has 0 aliphatic heterocycles. The lowest BCUT2D eigenvalue weighted by atomic mass is 9.94. The maximum Gasteiger partial charge on any atom is 0.00670 e. The van der Waals surface area contributed by atoms with Crippen LogP contribution in [0.15, 0.2) is 23.3 Å². The van der Waals surface area contributed by atoms with Gasteiger partial charge in [-0.05, 0) is 46.1 Å². The largest absolute Gasteiger partial charge is 0.317 e. The monoisotopic (exact) mass is 237 g/mol. The number of hydrogen-bond donors (Lipinski definition) is 1. The Kier molecular flexibility index (Phi) is 9.16. The standard InChI is InChI=1S/C16H31N/c1-7-8-16(17-6)12-11-15(14(4)5)10-9-13(2)3/h9-10,14,16-17H,7-8,11-12H2,1-6H3/b15-10-. The molecule has 0 bridgehead atoms. The smallest absolute Gasteiger partial charge is 0.00670 e. The van der Waals surface area contributed by atoms with Gasteiger partial charge in [-0.3, -0.25) is 0 Å². The molecule has 0 spiro atoms. The van der Waals surface area contributed by atoms with Gasteiger partial charge in [0.15, 0.2) is 0 Å². The Bertz CT molecular complexity index is 244. The number of rotatable bonds is 8. The zero-order chi connectivity index (χ0) is 13.3. The summed E-state index contributed by atoms with van der Waals surface area (Å²) in [6.07, 6.45) is 9.57. The van der Waals surface area contributed by atoms with Crippen LogP contribution < -0.4 is 5.32 Å². The highest BCUT2D eigenvalue weighted by Crippen LogP contribution is 2.19. The number of hydrogen-bond acceptors (Lipinski definition) is 1. The fourth-order valence-corrected chi connectivity index (χ4v) is 1.96. The van der Waals surface area contributed by atoms with Crippen LogP contribution in [0.25, 0.3) is 0 Å². The Morgan fingerprint density at radius 3 is 2.18 bits per heavy atom. The molecule has 1 N–H and O–H groups in total. The summed E-state index contributed by atoms with van der Waals surface area (Å²) in [6, 6.07) is 0.675. The van der Waals surface area contributed by atoms with Crippen LogP contribution in [-0.4, -0.2) is 13.1 Å². The van der Waals surface area contributed by atoms with E-state index in [1.54, 1.807) is 5.57 Å². The first-order valence-corrected chi connectivity index (χ1v) is 7.02. The summed E-state index contributed by atoms with van der Waals surface area (Å²) >= 11 is 0. The summed E-state index contributed by atoms with van der Waals surface area (Å²) in [5.74, 6) is 0.657. The van der Waals surface area contributed by atoms with Crippen LogP contribution in [0.3, 0.4) is 0 Å². The number of nitrogens with one attached hydrogen (secondary N) is 1. The summed E-state index contributed by atoms with van der Waals surface area (Å²) in [7, 11) is 2.08. The molecule has 1 nitrogen and oxygen atoms in total. The van der Waals surface area contributed by atoms with Crippen molar-refractivity contribution in [1.82, 2.24) is 5.32 Å². The van der Waals surface area contributed by atoms with E-state index < -0.39 is 0 Å². The first kappa shape index (κ1) is 16.4. The molecule has 0 aromatic rings. The molecular weight excluding hydrogens is 206 g/mol. The van der Waals surface area contributed by atoms with Crippen molar-refractivity contribution in [3.63, 3.8) is 0 Å². The third-order valence-electron chi connectivity index (χ3n) is 3.20. The fourth-order valence-electron chi connectivity index (χ4n) is 1.96. The van der Waals surface area contributed by atoms with E-state index >= 15 is 0 Å². The van der Waals surface area contributed by atoms with Crippen LogP contribution in [0, 0.1) is 5.92 Å². The molecule has 1 unspecified atom stereocenters. The Morgan fingerprint density at radius 2 is 1.76 bits per heavy atom. The van der Waals surface area contributed by atoms with Gasteiger partial charge in [-0.15, -0.1) is 0 Å². The van der Waals surface area contributed by atoms with E-state index in [0.29, 0.717) is 12.0 Å². The highest BCUT2D eigenvalue weighted by Gasteiger charge is 2.08. The molecule has 0 aliphatic rings. The molecule has 0 radical (unpaired) electrons. The van der Waals surface area contributed by atoms with Crippen molar-refractivity contribution in [2.75, 3.05) is 7.05 Å². The molecule has 0 heterocycles. The van der Waals surface area contributed by atoms with Crippen LogP contribution in [0.1, 0.15) is 60.3 Å². The Hall–Kier alpha value is -0.560. The van der Waals surface area contributed by atoms with Crippen LogP contribution in [0.5, 0.6) is 0 Å². The second-order valence-electron chi connectivity index (χ2n) is 5.45. The normalized spacial score (nSPS) is 13.9. The van der Waals surface area contributed by atoms with Crippen LogP contribution >= 0.6 is 0 Å². The fraction of sp³-hybridized carbons (Fsp3) is 0.750. The molecule has 0 rings (SSSR count). The van der Waals surface area contributed by atoms with Crippen LogP contribution in [0.2, 0.25) is 0 Å². The second kappa shape index (κ2) is 9.47. The van der Waals surface area contributed by atoms with Crippen molar-refractivity contribution in [3.05, 3.63) is 23.3 Å². The van der Waals surface area contributed by atoms with Gasteiger partial charge in [-0.2, -0.15) is 0 Å². The van der Waals surface area contributed by atoms with E-state index in [1.165, 1.54) is 31.3 Å². The van der Waals surface area contributed by atoms with Gasteiger partial charge in [0.05, 0.1) is 0 Å². The summed E-state index contributed by atoms with van der Waals surface area (Å²) in [6.45, 7) is 11.1. The number of allylic oxidation sites excluding steroid dienone is 4.